The van der Waals surface area contributed by atoms with Gasteiger partial charge < -0.3 is 16.2 Å². The fraction of sp³-hybridized carbons (Fsp3) is 0.700. The predicted octanol–water partition coefficient (Wildman–Crippen LogP) is -0.0355. The Bertz CT molecular complexity index is 283. The average molecular weight is 262 g/mol. The Morgan fingerprint density at radius 2 is 2.00 bits per heavy atom. The quantitative estimate of drug-likeness (QED) is 0.530. The number of hydrogen-bond acceptors (Lipinski definition) is 5. The molecule has 6 nitrogen and oxygen atoms in total. The molecule has 0 bridgehead atoms. The van der Waals surface area contributed by atoms with Crippen molar-refractivity contribution >= 4 is 28.8 Å². The maximum atomic E-state index is 11.3. The van der Waals surface area contributed by atoms with E-state index in [-0.39, 0.29) is 10.9 Å². The number of hydrogen-bond donors (Lipinski definition) is 3. The molecule has 0 aliphatic heterocycles. The smallest absolute Gasteiger partial charge is 0.326 e. The highest BCUT2D eigenvalue weighted by Crippen LogP contribution is 2.03. The van der Waals surface area contributed by atoms with Gasteiger partial charge in [-0.3, -0.25) is 9.59 Å². The van der Waals surface area contributed by atoms with E-state index < -0.39 is 17.9 Å². The van der Waals surface area contributed by atoms with E-state index in [0.29, 0.717) is 19.4 Å². The standard InChI is InChI=1S/C10H18N2O4S/c1-7(13)17-6-9(14)12-8(10(15)16)4-2-3-5-11/h8H,2-6,11H2,1H3,(H,12,14)(H,15,16)/t8-/m0/s1. The Kier molecular flexibility index (Phi) is 8.43. The van der Waals surface area contributed by atoms with E-state index in [2.05, 4.69) is 5.32 Å². The van der Waals surface area contributed by atoms with Gasteiger partial charge in [0.1, 0.15) is 6.04 Å². The van der Waals surface area contributed by atoms with Crippen LogP contribution in [0, 0.1) is 0 Å². The fourth-order valence-corrected chi connectivity index (χ4v) is 1.57. The zero-order valence-corrected chi connectivity index (χ0v) is 10.6. The minimum atomic E-state index is -1.07. The SMILES string of the molecule is CC(=O)SCC(=O)N[C@@H](CCCCN)C(=O)O. The molecule has 1 amide bonds. The average Bonchev–Trinajstić information content (AvgIpc) is 2.25. The van der Waals surface area contributed by atoms with E-state index >= 15 is 0 Å². The number of carboxylic acids is 1. The first-order valence-corrected chi connectivity index (χ1v) is 6.31. The summed E-state index contributed by atoms with van der Waals surface area (Å²) in [6.07, 6.45) is 1.72. The van der Waals surface area contributed by atoms with E-state index in [1.54, 1.807) is 0 Å². The number of rotatable bonds is 8. The summed E-state index contributed by atoms with van der Waals surface area (Å²) in [5, 5.41) is 11.1. The predicted molar refractivity (Wildman–Crippen MR) is 65.6 cm³/mol. The van der Waals surface area contributed by atoms with Gasteiger partial charge in [0.15, 0.2) is 5.12 Å². The second-order valence-corrected chi connectivity index (χ2v) is 4.68. The summed E-state index contributed by atoms with van der Waals surface area (Å²) in [5.74, 6) is -1.55. The number of carbonyl (C=O) groups excluding carboxylic acids is 2. The van der Waals surface area contributed by atoms with E-state index in [0.717, 1.165) is 18.2 Å². The van der Waals surface area contributed by atoms with Gasteiger partial charge in [-0.05, 0) is 25.8 Å². The van der Waals surface area contributed by atoms with E-state index in [1.807, 2.05) is 0 Å². The molecule has 98 valence electrons. The van der Waals surface area contributed by atoms with Crippen molar-refractivity contribution in [2.24, 2.45) is 5.73 Å². The van der Waals surface area contributed by atoms with Crippen LogP contribution >= 0.6 is 11.8 Å². The lowest BCUT2D eigenvalue weighted by Crippen LogP contribution is -2.41. The van der Waals surface area contributed by atoms with Crippen molar-refractivity contribution in [3.8, 4) is 0 Å². The van der Waals surface area contributed by atoms with Crippen LogP contribution in [0.4, 0.5) is 0 Å². The summed E-state index contributed by atoms with van der Waals surface area (Å²) >= 11 is 0.858. The van der Waals surface area contributed by atoms with E-state index in [1.165, 1.54) is 6.92 Å². The molecule has 7 heteroatoms. The lowest BCUT2D eigenvalue weighted by Gasteiger charge is -2.13. The molecule has 0 rings (SSSR count). The Labute approximate surface area is 104 Å². The number of amides is 1. The number of thioether (sulfide) groups is 1. The molecule has 0 heterocycles. The first-order chi connectivity index (χ1) is 7.97. The zero-order chi connectivity index (χ0) is 13.3. The van der Waals surface area contributed by atoms with Crippen molar-refractivity contribution in [2.45, 2.75) is 32.2 Å². The maximum Gasteiger partial charge on any atom is 0.326 e. The summed E-state index contributed by atoms with van der Waals surface area (Å²) in [6, 6.07) is -0.901. The van der Waals surface area contributed by atoms with Crippen molar-refractivity contribution in [1.29, 1.82) is 0 Å². The van der Waals surface area contributed by atoms with Gasteiger partial charge in [0, 0.05) is 6.92 Å². The molecule has 0 saturated heterocycles. The minimum absolute atomic E-state index is 0.0456. The number of aliphatic carboxylic acids is 1. The lowest BCUT2D eigenvalue weighted by molar-refractivity contribution is -0.141. The monoisotopic (exact) mass is 262 g/mol. The van der Waals surface area contributed by atoms with Crippen LogP contribution in [0.5, 0.6) is 0 Å². The Balaban J connectivity index is 4.02. The largest absolute Gasteiger partial charge is 0.480 e. The molecular weight excluding hydrogens is 244 g/mol. The summed E-state index contributed by atoms with van der Waals surface area (Å²) < 4.78 is 0. The molecule has 0 fully saturated rings. The highest BCUT2D eigenvalue weighted by Gasteiger charge is 2.19. The highest BCUT2D eigenvalue weighted by molar-refractivity contribution is 8.14. The molecule has 4 N–H and O–H groups in total. The van der Waals surface area contributed by atoms with Gasteiger partial charge in [-0.15, -0.1) is 0 Å². The number of nitrogens with one attached hydrogen (secondary N) is 1. The number of carbonyl (C=O) groups is 3. The van der Waals surface area contributed by atoms with Gasteiger partial charge in [-0.25, -0.2) is 4.79 Å². The molecule has 0 spiro atoms. The number of nitrogens with two attached hydrogens (primary N) is 1. The highest BCUT2D eigenvalue weighted by atomic mass is 32.2. The summed E-state index contributed by atoms with van der Waals surface area (Å²) in [7, 11) is 0. The molecular formula is C10H18N2O4S. The molecule has 0 saturated carbocycles. The van der Waals surface area contributed by atoms with Gasteiger partial charge in [0.05, 0.1) is 5.75 Å². The molecule has 17 heavy (non-hydrogen) atoms. The van der Waals surface area contributed by atoms with Crippen molar-refractivity contribution in [3.05, 3.63) is 0 Å². The van der Waals surface area contributed by atoms with Crippen LogP contribution in [0.25, 0.3) is 0 Å². The van der Waals surface area contributed by atoms with Gasteiger partial charge in [0.25, 0.3) is 0 Å². The van der Waals surface area contributed by atoms with Crippen LogP contribution in [0.3, 0.4) is 0 Å². The second-order valence-electron chi connectivity index (χ2n) is 3.52. The summed E-state index contributed by atoms with van der Waals surface area (Å²) in [6.45, 7) is 1.86. The van der Waals surface area contributed by atoms with Crippen LogP contribution in [-0.4, -0.2) is 40.4 Å². The number of carboxylic acid groups (broad SMARTS) is 1. The third kappa shape index (κ3) is 8.70. The topological polar surface area (TPSA) is 109 Å². The molecule has 0 aliphatic rings. The van der Waals surface area contributed by atoms with Crippen LogP contribution < -0.4 is 11.1 Å². The summed E-state index contributed by atoms with van der Waals surface area (Å²) in [5.41, 5.74) is 5.30. The van der Waals surface area contributed by atoms with Crippen LogP contribution in [0.15, 0.2) is 0 Å². The molecule has 0 aromatic heterocycles. The zero-order valence-electron chi connectivity index (χ0n) is 9.77. The second kappa shape index (κ2) is 9.00. The van der Waals surface area contributed by atoms with Crippen molar-refractivity contribution in [1.82, 2.24) is 5.32 Å². The maximum absolute atomic E-state index is 11.3. The molecule has 0 unspecified atom stereocenters. The normalized spacial score (nSPS) is 11.9. The van der Waals surface area contributed by atoms with Gasteiger partial charge >= 0.3 is 5.97 Å². The molecule has 0 radical (unpaired) electrons. The van der Waals surface area contributed by atoms with Gasteiger partial charge in [-0.2, -0.15) is 0 Å². The third-order valence-electron chi connectivity index (χ3n) is 1.99. The molecule has 0 aliphatic carbocycles. The van der Waals surface area contributed by atoms with Crippen LogP contribution in [-0.2, 0) is 14.4 Å². The Morgan fingerprint density at radius 1 is 1.35 bits per heavy atom. The first-order valence-electron chi connectivity index (χ1n) is 5.33. The lowest BCUT2D eigenvalue weighted by atomic mass is 10.1. The van der Waals surface area contributed by atoms with E-state index in [4.69, 9.17) is 10.8 Å². The fourth-order valence-electron chi connectivity index (χ4n) is 1.15. The Morgan fingerprint density at radius 3 is 2.47 bits per heavy atom. The van der Waals surface area contributed by atoms with Crippen LogP contribution in [0.2, 0.25) is 0 Å². The summed E-state index contributed by atoms with van der Waals surface area (Å²) in [4.78, 5) is 32.8. The molecule has 0 aromatic carbocycles. The molecule has 0 aromatic rings. The Hall–Kier alpha value is -1.08. The van der Waals surface area contributed by atoms with Gasteiger partial charge in [-0.1, -0.05) is 11.8 Å². The van der Waals surface area contributed by atoms with Crippen LogP contribution in [0.1, 0.15) is 26.2 Å². The third-order valence-corrected chi connectivity index (χ3v) is 2.80. The van der Waals surface area contributed by atoms with Crippen molar-refractivity contribution < 1.29 is 19.5 Å². The van der Waals surface area contributed by atoms with E-state index in [9.17, 15) is 14.4 Å². The number of unbranched alkanes of at least 4 members (excludes halogenated alkanes) is 1. The van der Waals surface area contributed by atoms with Crippen molar-refractivity contribution in [3.63, 3.8) is 0 Å². The minimum Gasteiger partial charge on any atom is -0.480 e. The first kappa shape index (κ1) is 15.9. The molecule has 1 atom stereocenters. The van der Waals surface area contributed by atoms with Crippen molar-refractivity contribution in [2.75, 3.05) is 12.3 Å². The van der Waals surface area contributed by atoms with Gasteiger partial charge in [0.2, 0.25) is 5.91 Å².